The van der Waals surface area contributed by atoms with E-state index in [1.54, 1.807) is 0 Å². The van der Waals surface area contributed by atoms with Crippen molar-refractivity contribution in [2.24, 2.45) is 5.14 Å². The Bertz CT molecular complexity index is 1290. The summed E-state index contributed by atoms with van der Waals surface area (Å²) in [5.41, 5.74) is 5.89. The molecule has 2 aromatic carbocycles. The van der Waals surface area contributed by atoms with Crippen LogP contribution in [-0.2, 0) is 26.0 Å². The maximum atomic E-state index is 12.8. The van der Waals surface area contributed by atoms with Gasteiger partial charge in [0.15, 0.2) is 0 Å². The number of hydrogen-bond donors (Lipinski definition) is 1. The average Bonchev–Trinajstić information content (AvgIpc) is 3.45. The summed E-state index contributed by atoms with van der Waals surface area (Å²) in [4.78, 5) is 9.97. The van der Waals surface area contributed by atoms with Crippen LogP contribution >= 0.6 is 0 Å². The van der Waals surface area contributed by atoms with Crippen LogP contribution in [0.15, 0.2) is 41.3 Å². The van der Waals surface area contributed by atoms with Crippen LogP contribution in [-0.4, -0.2) is 25.1 Å². The summed E-state index contributed by atoms with van der Waals surface area (Å²) in [7, 11) is -3.82. The fourth-order valence-electron chi connectivity index (χ4n) is 5.14. The van der Waals surface area contributed by atoms with E-state index in [0.29, 0.717) is 17.3 Å². The van der Waals surface area contributed by atoms with Crippen molar-refractivity contribution < 1.29 is 17.9 Å². The van der Waals surface area contributed by atoms with Gasteiger partial charge >= 0.3 is 0 Å². The van der Waals surface area contributed by atoms with Gasteiger partial charge in [-0.1, -0.05) is 56.5 Å². The molecule has 0 aromatic heterocycles. The zero-order chi connectivity index (χ0) is 24.7. The number of aromatic nitrogens is 1. The number of rotatable bonds is 5. The van der Waals surface area contributed by atoms with Crippen LogP contribution < -0.4 is 5.14 Å². The number of primary sulfonamides is 1. The maximum absolute atomic E-state index is 12.8. The number of carbonyl (C=O) groups is 1. The number of hydrogen-bond acceptors (Lipinski definition) is 4. The third kappa shape index (κ3) is 4.64. The molecule has 2 heterocycles. The maximum Gasteiger partial charge on any atom is 0.293 e. The Morgan fingerprint density at radius 2 is 1.76 bits per heavy atom. The topological polar surface area (TPSA) is 91.4 Å². The van der Waals surface area contributed by atoms with Gasteiger partial charge in [0.05, 0.1) is 21.8 Å². The molecule has 0 spiro atoms. The van der Waals surface area contributed by atoms with Crippen LogP contribution in [0.5, 0.6) is 0 Å². The van der Waals surface area contributed by atoms with Crippen LogP contribution in [0.4, 0.5) is 0 Å². The molecule has 34 heavy (non-hydrogen) atoms. The number of nitrogens with two attached hydrogens (primary N) is 1. The Kier molecular flexibility index (Phi) is 6.62. The van der Waals surface area contributed by atoms with Crippen molar-refractivity contribution in [2.45, 2.75) is 82.6 Å². The third-order valence-corrected chi connectivity index (χ3v) is 7.65. The number of benzene rings is 2. The Balaban J connectivity index is 0.000000344. The first-order chi connectivity index (χ1) is 16.1. The number of para-hydroxylation sites is 1. The molecular formula is C27H34N2O4S. The quantitative estimate of drug-likeness (QED) is 0.363. The van der Waals surface area contributed by atoms with Crippen molar-refractivity contribution in [2.75, 3.05) is 0 Å². The molecule has 7 heteroatoms. The summed E-state index contributed by atoms with van der Waals surface area (Å²) in [6.45, 7) is 8.01. The Labute approximate surface area is 202 Å². The summed E-state index contributed by atoms with van der Waals surface area (Å²) in [6.07, 6.45) is 6.48. The molecule has 6 nitrogen and oxygen atoms in total. The van der Waals surface area contributed by atoms with Crippen molar-refractivity contribution in [1.29, 1.82) is 0 Å². The van der Waals surface area contributed by atoms with Gasteiger partial charge in [0.2, 0.25) is 10.0 Å². The van der Waals surface area contributed by atoms with E-state index in [1.165, 1.54) is 11.8 Å². The number of carbonyl (C=O) groups excluding carboxylic acids is 1. The Hall–Kier alpha value is -2.64. The van der Waals surface area contributed by atoms with E-state index in [0.717, 1.165) is 65.7 Å². The molecule has 2 N–H and O–H groups in total. The van der Waals surface area contributed by atoms with E-state index in [1.807, 2.05) is 39.0 Å². The summed E-state index contributed by atoms with van der Waals surface area (Å²) in [5, 5.41) is 7.00. The fraction of sp³-hybridized carbons (Fsp3) is 0.444. The highest BCUT2D eigenvalue weighted by Gasteiger charge is 2.38. The van der Waals surface area contributed by atoms with Crippen molar-refractivity contribution in [3.8, 4) is 16.9 Å². The van der Waals surface area contributed by atoms with Gasteiger partial charge in [0.1, 0.15) is 5.60 Å². The summed E-state index contributed by atoms with van der Waals surface area (Å²) in [5.74, 6) is 0.293. The van der Waals surface area contributed by atoms with E-state index in [2.05, 4.69) is 34.4 Å². The van der Waals surface area contributed by atoms with E-state index in [4.69, 9.17) is 5.14 Å². The monoisotopic (exact) mass is 482 g/mol. The first-order valence-corrected chi connectivity index (χ1v) is 13.6. The van der Waals surface area contributed by atoms with Gasteiger partial charge < -0.3 is 9.30 Å². The average molecular weight is 483 g/mol. The molecule has 2 aliphatic heterocycles. The van der Waals surface area contributed by atoms with E-state index in [-0.39, 0.29) is 5.60 Å². The zero-order valence-corrected chi connectivity index (χ0v) is 21.2. The molecule has 0 atom stereocenters. The second-order valence-electron chi connectivity index (χ2n) is 10.1. The number of fused-ring (bicyclic) bond motifs is 4. The second-order valence-corrected chi connectivity index (χ2v) is 11.6. The van der Waals surface area contributed by atoms with Gasteiger partial charge in [-0.3, -0.25) is 4.79 Å². The molecular weight excluding hydrogens is 448 g/mol. The lowest BCUT2D eigenvalue weighted by atomic mass is 9.81. The van der Waals surface area contributed by atoms with Gasteiger partial charge in [0.25, 0.3) is 6.47 Å². The normalized spacial score (nSPS) is 15.6. The Morgan fingerprint density at radius 1 is 1.09 bits per heavy atom. The van der Waals surface area contributed by atoms with Crippen LogP contribution in [0.3, 0.4) is 0 Å². The first kappa shape index (κ1) is 24.5. The highest BCUT2D eigenvalue weighted by Crippen LogP contribution is 2.53. The number of nitrogens with zero attached hydrogens (tertiary/aromatic N) is 1. The fourth-order valence-corrected chi connectivity index (χ4v) is 6.22. The van der Waals surface area contributed by atoms with Crippen molar-refractivity contribution in [3.63, 3.8) is 0 Å². The lowest BCUT2D eigenvalue weighted by Gasteiger charge is -2.27. The van der Waals surface area contributed by atoms with Gasteiger partial charge in [-0.25, -0.2) is 13.6 Å². The van der Waals surface area contributed by atoms with Crippen molar-refractivity contribution in [1.82, 2.24) is 4.57 Å². The molecule has 182 valence electrons. The molecule has 0 radical (unpaired) electrons. The highest BCUT2D eigenvalue weighted by molar-refractivity contribution is 7.89. The predicted octanol–water partition coefficient (Wildman–Crippen LogP) is 5.83. The van der Waals surface area contributed by atoms with Gasteiger partial charge in [-0.2, -0.15) is 0 Å². The Morgan fingerprint density at radius 3 is 2.29 bits per heavy atom. The van der Waals surface area contributed by atoms with Crippen LogP contribution in [0.1, 0.15) is 76.8 Å². The van der Waals surface area contributed by atoms with Crippen molar-refractivity contribution >= 4 is 27.4 Å². The lowest BCUT2D eigenvalue weighted by Crippen LogP contribution is -2.20. The minimum absolute atomic E-state index is 0.293. The molecule has 0 unspecified atom stereocenters. The lowest BCUT2D eigenvalue weighted by molar-refractivity contribution is -0.138. The van der Waals surface area contributed by atoms with Crippen LogP contribution in [0.2, 0.25) is 0 Å². The molecule has 5 rings (SSSR count). The van der Waals surface area contributed by atoms with Crippen LogP contribution in [0, 0.1) is 0 Å². The number of aryl methyl sites for hydroxylation is 1. The summed E-state index contributed by atoms with van der Waals surface area (Å²) < 4.78 is 32.2. The van der Waals surface area contributed by atoms with Crippen molar-refractivity contribution in [3.05, 3.63) is 47.5 Å². The summed E-state index contributed by atoms with van der Waals surface area (Å²) >= 11 is 0. The second kappa shape index (κ2) is 9.19. The van der Waals surface area contributed by atoms with Gasteiger partial charge in [0, 0.05) is 10.9 Å². The molecule has 0 saturated heterocycles. The minimum atomic E-state index is -3.82. The van der Waals surface area contributed by atoms with E-state index in [9.17, 15) is 13.2 Å². The minimum Gasteiger partial charge on any atom is -0.462 e. The molecule has 1 fully saturated rings. The third-order valence-electron chi connectivity index (χ3n) is 6.64. The molecule has 2 aromatic rings. The number of sulfonamides is 1. The predicted molar refractivity (Wildman–Crippen MR) is 136 cm³/mol. The molecule has 0 amide bonds. The zero-order valence-electron chi connectivity index (χ0n) is 20.4. The van der Waals surface area contributed by atoms with E-state index >= 15 is 0 Å². The SMILES string of the molecule is CC(C)(C)OC=O.CCc1ccc(-c2c3c4ccccc4n2-3)c(S(N)(=O)=O)c1C1CCCCC1. The largest absolute Gasteiger partial charge is 0.462 e. The first-order valence-electron chi connectivity index (χ1n) is 12.0. The smallest absolute Gasteiger partial charge is 0.293 e. The van der Waals surface area contributed by atoms with Gasteiger partial charge in [-0.15, -0.1) is 0 Å². The standard InChI is InChI=1S/C22H24N2O2S.C5H10O2/c1-2-14-12-13-17(21-20-16-10-6-7-11-18(16)24(20)21)22(27(23,25)26)19(14)15-8-4-3-5-9-15;1-5(2,3)7-4-6/h6-7,10-13,15H,2-5,8-9H2,1H3,(H2,23,25,26);4H,1-3H3. The summed E-state index contributed by atoms with van der Waals surface area (Å²) in [6, 6.07) is 12.3. The molecule has 1 aliphatic carbocycles. The number of ether oxygens (including phenoxy) is 1. The molecule has 1 saturated carbocycles. The molecule has 3 aliphatic rings. The highest BCUT2D eigenvalue weighted by atomic mass is 32.2. The van der Waals surface area contributed by atoms with Crippen LogP contribution in [0.25, 0.3) is 27.8 Å². The van der Waals surface area contributed by atoms with Gasteiger partial charge in [-0.05, 0) is 63.1 Å². The van der Waals surface area contributed by atoms with E-state index < -0.39 is 10.0 Å². The molecule has 0 bridgehead atoms.